The Morgan fingerprint density at radius 1 is 1.35 bits per heavy atom. The number of thiophene rings is 1. The van der Waals surface area contributed by atoms with E-state index in [4.69, 9.17) is 5.11 Å². The van der Waals surface area contributed by atoms with Crippen LogP contribution < -0.4 is 5.32 Å². The average Bonchev–Trinajstić information content (AvgIpc) is 2.82. The first-order chi connectivity index (χ1) is 9.54. The maximum Gasteiger partial charge on any atom is 0.308 e. The van der Waals surface area contributed by atoms with Crippen molar-refractivity contribution in [2.45, 2.75) is 25.9 Å². The van der Waals surface area contributed by atoms with Gasteiger partial charge in [-0.25, -0.2) is 4.39 Å². The molecule has 2 rings (SSSR count). The van der Waals surface area contributed by atoms with E-state index in [1.165, 1.54) is 23.5 Å². The lowest BCUT2D eigenvalue weighted by Crippen LogP contribution is -2.17. The van der Waals surface area contributed by atoms with Gasteiger partial charge in [0.15, 0.2) is 0 Å². The monoisotopic (exact) mass is 293 g/mol. The highest BCUT2D eigenvalue weighted by Gasteiger charge is 2.08. The Morgan fingerprint density at radius 3 is 2.80 bits per heavy atom. The number of nitrogens with one attached hydrogen (secondary N) is 1. The van der Waals surface area contributed by atoms with Gasteiger partial charge >= 0.3 is 5.97 Å². The second-order valence-corrected chi connectivity index (χ2v) is 5.85. The number of carboxylic acid groups (broad SMARTS) is 1. The van der Waals surface area contributed by atoms with Gasteiger partial charge in [0.2, 0.25) is 0 Å². The SMILES string of the molecule is C[C@H](NCc1ccc(CC(=O)O)s1)c1cccc(F)c1. The molecule has 0 bridgehead atoms. The van der Waals surface area contributed by atoms with Gasteiger partial charge in [-0.2, -0.15) is 0 Å². The van der Waals surface area contributed by atoms with Gasteiger partial charge in [0, 0.05) is 22.3 Å². The van der Waals surface area contributed by atoms with Gasteiger partial charge in [0.05, 0.1) is 6.42 Å². The highest BCUT2D eigenvalue weighted by Crippen LogP contribution is 2.19. The van der Waals surface area contributed by atoms with Crippen molar-refractivity contribution in [3.8, 4) is 0 Å². The summed E-state index contributed by atoms with van der Waals surface area (Å²) < 4.78 is 13.1. The molecule has 3 nitrogen and oxygen atoms in total. The molecule has 1 heterocycles. The first-order valence-corrected chi connectivity index (χ1v) is 7.14. The number of halogens is 1. The maximum atomic E-state index is 13.1. The van der Waals surface area contributed by atoms with Gasteiger partial charge in [-0.05, 0) is 36.8 Å². The summed E-state index contributed by atoms with van der Waals surface area (Å²) in [5, 5.41) is 12.0. The molecular weight excluding hydrogens is 277 g/mol. The van der Waals surface area contributed by atoms with E-state index in [1.54, 1.807) is 6.07 Å². The number of carbonyl (C=O) groups is 1. The molecule has 1 aromatic carbocycles. The number of aliphatic carboxylic acids is 1. The van der Waals surface area contributed by atoms with Crippen LogP contribution in [-0.2, 0) is 17.8 Å². The molecule has 2 N–H and O–H groups in total. The predicted octanol–water partition coefficient (Wildman–Crippen LogP) is 3.37. The third-order valence-electron chi connectivity index (χ3n) is 2.97. The van der Waals surface area contributed by atoms with Gasteiger partial charge in [-0.3, -0.25) is 4.79 Å². The number of hydrogen-bond acceptors (Lipinski definition) is 3. The minimum Gasteiger partial charge on any atom is -0.481 e. The number of hydrogen-bond donors (Lipinski definition) is 2. The van der Waals surface area contributed by atoms with Crippen LogP contribution in [0.25, 0.3) is 0 Å². The van der Waals surface area contributed by atoms with Crippen LogP contribution in [0.4, 0.5) is 4.39 Å². The molecular formula is C15H16FNO2S. The Balaban J connectivity index is 1.91. The summed E-state index contributed by atoms with van der Waals surface area (Å²) >= 11 is 1.48. The van der Waals surface area contributed by atoms with Crippen molar-refractivity contribution in [3.63, 3.8) is 0 Å². The van der Waals surface area contributed by atoms with Gasteiger partial charge in [-0.1, -0.05) is 12.1 Å². The molecule has 0 fully saturated rings. The zero-order valence-corrected chi connectivity index (χ0v) is 11.9. The topological polar surface area (TPSA) is 49.3 Å². The molecule has 20 heavy (non-hydrogen) atoms. The van der Waals surface area contributed by atoms with Crippen LogP contribution in [0.5, 0.6) is 0 Å². The Morgan fingerprint density at radius 2 is 2.10 bits per heavy atom. The highest BCUT2D eigenvalue weighted by molar-refractivity contribution is 7.12. The molecule has 0 saturated carbocycles. The molecule has 2 aromatic rings. The van der Waals surface area contributed by atoms with Gasteiger partial charge in [0.1, 0.15) is 5.82 Å². The van der Waals surface area contributed by atoms with Gasteiger partial charge in [0.25, 0.3) is 0 Å². The van der Waals surface area contributed by atoms with Gasteiger partial charge in [-0.15, -0.1) is 11.3 Å². The van der Waals surface area contributed by atoms with Gasteiger partial charge < -0.3 is 10.4 Å². The first-order valence-electron chi connectivity index (χ1n) is 6.33. The average molecular weight is 293 g/mol. The molecule has 1 aromatic heterocycles. The Kier molecular flexibility index (Phi) is 4.87. The molecule has 0 saturated heterocycles. The summed E-state index contributed by atoms with van der Waals surface area (Å²) in [6.45, 7) is 2.61. The van der Waals surface area contributed by atoms with Crippen molar-refractivity contribution < 1.29 is 14.3 Å². The van der Waals surface area contributed by atoms with E-state index < -0.39 is 5.97 Å². The van der Waals surface area contributed by atoms with Crippen LogP contribution in [-0.4, -0.2) is 11.1 Å². The van der Waals surface area contributed by atoms with Crippen molar-refractivity contribution in [1.82, 2.24) is 5.32 Å². The van der Waals surface area contributed by atoms with Crippen molar-refractivity contribution in [1.29, 1.82) is 0 Å². The molecule has 0 amide bonds. The summed E-state index contributed by atoms with van der Waals surface area (Å²) in [6.07, 6.45) is 0.0596. The number of benzene rings is 1. The summed E-state index contributed by atoms with van der Waals surface area (Å²) in [6, 6.07) is 10.3. The fourth-order valence-corrected chi connectivity index (χ4v) is 2.87. The quantitative estimate of drug-likeness (QED) is 0.858. The van der Waals surface area contributed by atoms with Crippen molar-refractivity contribution in [3.05, 3.63) is 57.5 Å². The van der Waals surface area contributed by atoms with E-state index in [-0.39, 0.29) is 18.3 Å². The second kappa shape index (κ2) is 6.63. The van der Waals surface area contributed by atoms with E-state index in [0.717, 1.165) is 15.3 Å². The molecule has 0 aliphatic carbocycles. The normalized spacial score (nSPS) is 12.3. The van der Waals surface area contributed by atoms with E-state index in [9.17, 15) is 9.18 Å². The minimum atomic E-state index is -0.820. The molecule has 5 heteroatoms. The van der Waals surface area contributed by atoms with E-state index in [0.29, 0.717) is 6.54 Å². The zero-order valence-electron chi connectivity index (χ0n) is 11.1. The second-order valence-electron chi connectivity index (χ2n) is 4.60. The lowest BCUT2D eigenvalue weighted by atomic mass is 10.1. The molecule has 1 atom stereocenters. The maximum absolute atomic E-state index is 13.1. The summed E-state index contributed by atoms with van der Waals surface area (Å²) in [5.74, 6) is -1.06. The molecule has 0 unspecified atom stereocenters. The third-order valence-corrected chi connectivity index (χ3v) is 4.06. The Bertz CT molecular complexity index is 597. The fourth-order valence-electron chi connectivity index (χ4n) is 1.91. The zero-order chi connectivity index (χ0) is 14.5. The summed E-state index contributed by atoms with van der Waals surface area (Å²) in [5.41, 5.74) is 0.896. The summed E-state index contributed by atoms with van der Waals surface area (Å²) in [4.78, 5) is 12.5. The lowest BCUT2D eigenvalue weighted by Gasteiger charge is -2.13. The van der Waals surface area contributed by atoms with Crippen LogP contribution >= 0.6 is 11.3 Å². The van der Waals surface area contributed by atoms with E-state index in [2.05, 4.69) is 5.32 Å². The van der Waals surface area contributed by atoms with Crippen LogP contribution in [0.1, 0.15) is 28.3 Å². The smallest absolute Gasteiger partial charge is 0.308 e. The minimum absolute atomic E-state index is 0.0377. The number of carboxylic acids is 1. The standard InChI is InChI=1S/C15H16FNO2S/c1-10(11-3-2-4-12(16)7-11)17-9-14-6-5-13(20-14)8-15(18)19/h2-7,10,17H,8-9H2,1H3,(H,18,19)/t10-/m0/s1. The van der Waals surface area contributed by atoms with Crippen LogP contribution in [0.3, 0.4) is 0 Å². The predicted molar refractivity (Wildman–Crippen MR) is 77.3 cm³/mol. The Labute approximate surface area is 121 Å². The third kappa shape index (κ3) is 4.15. The first kappa shape index (κ1) is 14.7. The van der Waals surface area contributed by atoms with Crippen molar-refractivity contribution >= 4 is 17.3 Å². The molecule has 0 spiro atoms. The van der Waals surface area contributed by atoms with Crippen LogP contribution in [0.15, 0.2) is 36.4 Å². The Hall–Kier alpha value is -1.72. The molecule has 0 aliphatic rings. The fraction of sp³-hybridized carbons (Fsp3) is 0.267. The van der Waals surface area contributed by atoms with E-state index in [1.807, 2.05) is 25.1 Å². The van der Waals surface area contributed by atoms with Crippen LogP contribution in [0, 0.1) is 5.82 Å². The molecule has 106 valence electrons. The van der Waals surface area contributed by atoms with E-state index >= 15 is 0 Å². The van der Waals surface area contributed by atoms with Crippen molar-refractivity contribution in [2.24, 2.45) is 0 Å². The number of rotatable bonds is 6. The van der Waals surface area contributed by atoms with Crippen molar-refractivity contribution in [2.75, 3.05) is 0 Å². The highest BCUT2D eigenvalue weighted by atomic mass is 32.1. The molecule has 0 aliphatic heterocycles. The summed E-state index contributed by atoms with van der Waals surface area (Å²) in [7, 11) is 0. The molecule has 0 radical (unpaired) electrons. The largest absolute Gasteiger partial charge is 0.481 e. The van der Waals surface area contributed by atoms with Crippen LogP contribution in [0.2, 0.25) is 0 Å². The lowest BCUT2D eigenvalue weighted by molar-refractivity contribution is -0.136.